The van der Waals surface area contributed by atoms with E-state index in [9.17, 15) is 4.79 Å². The molecule has 1 aromatic carbocycles. The highest BCUT2D eigenvalue weighted by Crippen LogP contribution is 2.21. The molecule has 0 radical (unpaired) electrons. The molecule has 1 aromatic rings. The average molecular weight is 301 g/mol. The van der Waals surface area contributed by atoms with Crippen molar-refractivity contribution in [3.05, 3.63) is 48.0 Å². The van der Waals surface area contributed by atoms with Gasteiger partial charge in [-0.3, -0.25) is 4.79 Å². The Hall–Kier alpha value is -1.65. The van der Waals surface area contributed by atoms with E-state index in [1.165, 1.54) is 0 Å². The zero-order valence-electron chi connectivity index (χ0n) is 12.7. The third-order valence-corrected chi connectivity index (χ3v) is 4.28. The predicted octanol–water partition coefficient (Wildman–Crippen LogP) is 2.44. The molecule has 0 bridgehead atoms. The van der Waals surface area contributed by atoms with Gasteiger partial charge in [-0.15, -0.1) is 0 Å². The molecule has 4 heteroatoms. The highest BCUT2D eigenvalue weighted by Gasteiger charge is 2.27. The molecule has 0 saturated carbocycles. The molecule has 2 aliphatic rings. The zero-order valence-corrected chi connectivity index (χ0v) is 12.7. The van der Waals surface area contributed by atoms with Crippen LogP contribution in [0.5, 0.6) is 0 Å². The van der Waals surface area contributed by atoms with E-state index in [0.717, 1.165) is 38.0 Å². The van der Waals surface area contributed by atoms with Crippen molar-refractivity contribution in [3.63, 3.8) is 0 Å². The minimum atomic E-state index is -0.128. The van der Waals surface area contributed by atoms with Crippen LogP contribution in [0.25, 0.3) is 0 Å². The fraction of sp³-hybridized carbons (Fsp3) is 0.500. The summed E-state index contributed by atoms with van der Waals surface area (Å²) in [7, 11) is 0. The fourth-order valence-corrected chi connectivity index (χ4v) is 3.00. The monoisotopic (exact) mass is 301 g/mol. The lowest BCUT2D eigenvalue weighted by molar-refractivity contribution is -0.148. The van der Waals surface area contributed by atoms with Crippen molar-refractivity contribution in [2.24, 2.45) is 5.92 Å². The molecule has 1 aliphatic carbocycles. The van der Waals surface area contributed by atoms with Crippen LogP contribution >= 0.6 is 0 Å². The van der Waals surface area contributed by atoms with Gasteiger partial charge in [0.25, 0.3) is 0 Å². The predicted molar refractivity (Wildman–Crippen MR) is 84.2 cm³/mol. The van der Waals surface area contributed by atoms with E-state index in [1.807, 2.05) is 36.4 Å². The second kappa shape index (κ2) is 7.56. The molecule has 0 amide bonds. The Bertz CT molecular complexity index is 508. The van der Waals surface area contributed by atoms with E-state index in [2.05, 4.69) is 11.4 Å². The zero-order chi connectivity index (χ0) is 15.2. The Kier molecular flexibility index (Phi) is 5.24. The molecule has 118 valence electrons. The molecule has 0 unspecified atom stereocenters. The second-order valence-electron chi connectivity index (χ2n) is 5.98. The number of carbonyl (C=O) groups is 1. The van der Waals surface area contributed by atoms with Crippen molar-refractivity contribution < 1.29 is 14.3 Å². The Morgan fingerprint density at radius 3 is 2.73 bits per heavy atom. The van der Waals surface area contributed by atoms with Crippen LogP contribution in [-0.4, -0.2) is 31.3 Å². The van der Waals surface area contributed by atoms with Crippen LogP contribution in [0.1, 0.15) is 24.8 Å². The SMILES string of the molecule is O=C(OCc1ccccc1)[C@H]1C=C[C@@H](NC2CCOCC2)C1. The Morgan fingerprint density at radius 2 is 1.95 bits per heavy atom. The Labute approximate surface area is 131 Å². The molecule has 0 aromatic heterocycles. The summed E-state index contributed by atoms with van der Waals surface area (Å²) in [6.07, 6.45) is 6.97. The first-order chi connectivity index (χ1) is 10.8. The van der Waals surface area contributed by atoms with E-state index >= 15 is 0 Å². The summed E-state index contributed by atoms with van der Waals surface area (Å²) in [6.45, 7) is 2.01. The van der Waals surface area contributed by atoms with Gasteiger partial charge in [-0.2, -0.15) is 0 Å². The number of hydrogen-bond donors (Lipinski definition) is 1. The topological polar surface area (TPSA) is 47.6 Å². The van der Waals surface area contributed by atoms with Crippen molar-refractivity contribution >= 4 is 5.97 Å². The Morgan fingerprint density at radius 1 is 1.18 bits per heavy atom. The first-order valence-corrected chi connectivity index (χ1v) is 8.04. The smallest absolute Gasteiger partial charge is 0.313 e. The highest BCUT2D eigenvalue weighted by molar-refractivity contribution is 5.75. The molecule has 1 fully saturated rings. The van der Waals surface area contributed by atoms with Gasteiger partial charge in [-0.1, -0.05) is 42.5 Å². The van der Waals surface area contributed by atoms with Crippen LogP contribution in [-0.2, 0) is 20.9 Å². The lowest BCUT2D eigenvalue weighted by atomic mass is 10.0. The Balaban J connectivity index is 1.42. The molecular formula is C18H23NO3. The van der Waals surface area contributed by atoms with E-state index in [4.69, 9.17) is 9.47 Å². The molecule has 1 heterocycles. The summed E-state index contributed by atoms with van der Waals surface area (Å²) in [5.74, 6) is -0.252. The summed E-state index contributed by atoms with van der Waals surface area (Å²) >= 11 is 0. The van der Waals surface area contributed by atoms with Crippen molar-refractivity contribution in [1.82, 2.24) is 5.32 Å². The third-order valence-electron chi connectivity index (χ3n) is 4.28. The number of ether oxygens (including phenoxy) is 2. The van der Waals surface area contributed by atoms with Gasteiger partial charge in [0.2, 0.25) is 0 Å². The lowest BCUT2D eigenvalue weighted by Gasteiger charge is -2.26. The van der Waals surface area contributed by atoms with E-state index in [-0.39, 0.29) is 17.9 Å². The van der Waals surface area contributed by atoms with Crippen LogP contribution in [0.15, 0.2) is 42.5 Å². The molecule has 2 atom stereocenters. The quantitative estimate of drug-likeness (QED) is 0.670. The molecule has 0 spiro atoms. The van der Waals surface area contributed by atoms with Gasteiger partial charge in [0, 0.05) is 25.3 Å². The molecule has 1 N–H and O–H groups in total. The van der Waals surface area contributed by atoms with Crippen LogP contribution in [0.4, 0.5) is 0 Å². The minimum absolute atomic E-state index is 0.124. The van der Waals surface area contributed by atoms with Gasteiger partial charge in [0.15, 0.2) is 0 Å². The number of rotatable bonds is 5. The average Bonchev–Trinajstić information content (AvgIpc) is 3.03. The van der Waals surface area contributed by atoms with E-state index < -0.39 is 0 Å². The summed E-state index contributed by atoms with van der Waals surface area (Å²) in [5, 5.41) is 3.60. The van der Waals surface area contributed by atoms with Gasteiger partial charge in [-0.25, -0.2) is 0 Å². The van der Waals surface area contributed by atoms with Crippen LogP contribution in [0, 0.1) is 5.92 Å². The van der Waals surface area contributed by atoms with Gasteiger partial charge in [0.05, 0.1) is 5.92 Å². The first kappa shape index (κ1) is 15.3. The van der Waals surface area contributed by atoms with Crippen LogP contribution in [0.2, 0.25) is 0 Å². The molecule has 1 aliphatic heterocycles. The van der Waals surface area contributed by atoms with E-state index in [1.54, 1.807) is 0 Å². The van der Waals surface area contributed by atoms with E-state index in [0.29, 0.717) is 12.6 Å². The third kappa shape index (κ3) is 4.18. The molecule has 1 saturated heterocycles. The largest absolute Gasteiger partial charge is 0.460 e. The first-order valence-electron chi connectivity index (χ1n) is 8.04. The van der Waals surface area contributed by atoms with Crippen molar-refractivity contribution in [2.75, 3.05) is 13.2 Å². The lowest BCUT2D eigenvalue weighted by Crippen LogP contribution is -2.40. The maximum absolute atomic E-state index is 12.1. The number of esters is 1. The standard InChI is InChI=1S/C18H23NO3/c20-18(22-13-14-4-2-1-3-5-14)15-6-7-17(12-15)19-16-8-10-21-11-9-16/h1-7,15-17,19H,8-13H2/t15-,17+/m0/s1. The molecular weight excluding hydrogens is 278 g/mol. The fourth-order valence-electron chi connectivity index (χ4n) is 3.00. The molecule has 4 nitrogen and oxygen atoms in total. The number of benzene rings is 1. The highest BCUT2D eigenvalue weighted by atomic mass is 16.5. The summed E-state index contributed by atoms with van der Waals surface area (Å²) in [4.78, 5) is 12.1. The maximum Gasteiger partial charge on any atom is 0.313 e. The van der Waals surface area contributed by atoms with Gasteiger partial charge in [0.1, 0.15) is 6.61 Å². The summed E-state index contributed by atoms with van der Waals surface area (Å²) in [6, 6.07) is 10.6. The second-order valence-corrected chi connectivity index (χ2v) is 5.98. The number of hydrogen-bond acceptors (Lipinski definition) is 4. The van der Waals surface area contributed by atoms with Gasteiger partial charge < -0.3 is 14.8 Å². The number of carbonyl (C=O) groups excluding carboxylic acids is 1. The maximum atomic E-state index is 12.1. The van der Waals surface area contributed by atoms with Crippen LogP contribution in [0.3, 0.4) is 0 Å². The molecule has 22 heavy (non-hydrogen) atoms. The van der Waals surface area contributed by atoms with Crippen LogP contribution < -0.4 is 5.32 Å². The van der Waals surface area contributed by atoms with Crippen molar-refractivity contribution in [1.29, 1.82) is 0 Å². The van der Waals surface area contributed by atoms with Crippen molar-refractivity contribution in [2.45, 2.75) is 38.0 Å². The summed E-state index contributed by atoms with van der Waals surface area (Å²) in [5.41, 5.74) is 1.02. The summed E-state index contributed by atoms with van der Waals surface area (Å²) < 4.78 is 10.8. The van der Waals surface area contributed by atoms with Crippen molar-refractivity contribution in [3.8, 4) is 0 Å². The minimum Gasteiger partial charge on any atom is -0.460 e. The van der Waals surface area contributed by atoms with Gasteiger partial charge >= 0.3 is 5.97 Å². The number of nitrogens with one attached hydrogen (secondary N) is 1. The normalized spacial score (nSPS) is 25.3. The van der Waals surface area contributed by atoms with Gasteiger partial charge in [-0.05, 0) is 24.8 Å². The molecule has 3 rings (SSSR count).